The van der Waals surface area contributed by atoms with Crippen LogP contribution in [0.4, 0.5) is 4.39 Å². The molecule has 0 atom stereocenters. The van der Waals surface area contributed by atoms with E-state index in [4.69, 9.17) is 14.2 Å². The van der Waals surface area contributed by atoms with E-state index in [0.717, 1.165) is 18.7 Å². The Morgan fingerprint density at radius 1 is 1.30 bits per heavy atom. The van der Waals surface area contributed by atoms with E-state index in [2.05, 4.69) is 5.32 Å². The average molecular weight is 283 g/mol. The van der Waals surface area contributed by atoms with E-state index >= 15 is 0 Å². The standard InChI is InChI=1S/C15H22FNO3/c1-18-5-4-17-9-13-6-14(16)8-15(7-13)20-11-19-10-12-2-3-12/h6-8,12,17H,2-5,9-11H2,1H3. The highest BCUT2D eigenvalue weighted by atomic mass is 19.1. The Morgan fingerprint density at radius 3 is 2.90 bits per heavy atom. The summed E-state index contributed by atoms with van der Waals surface area (Å²) in [7, 11) is 1.65. The monoisotopic (exact) mass is 283 g/mol. The number of nitrogens with one attached hydrogen (secondary N) is 1. The summed E-state index contributed by atoms with van der Waals surface area (Å²) in [6.45, 7) is 2.86. The summed E-state index contributed by atoms with van der Waals surface area (Å²) in [4.78, 5) is 0. The van der Waals surface area contributed by atoms with Crippen LogP contribution >= 0.6 is 0 Å². The largest absolute Gasteiger partial charge is 0.467 e. The normalized spacial score (nSPS) is 14.5. The van der Waals surface area contributed by atoms with Crippen LogP contribution < -0.4 is 10.1 Å². The van der Waals surface area contributed by atoms with E-state index in [1.807, 2.05) is 6.07 Å². The molecule has 0 saturated heterocycles. The fourth-order valence-corrected chi connectivity index (χ4v) is 1.82. The molecular weight excluding hydrogens is 261 g/mol. The lowest BCUT2D eigenvalue weighted by molar-refractivity contribution is 0.00979. The molecule has 1 fully saturated rings. The molecule has 1 N–H and O–H groups in total. The van der Waals surface area contributed by atoms with E-state index in [1.165, 1.54) is 25.0 Å². The van der Waals surface area contributed by atoms with Crippen molar-refractivity contribution >= 4 is 0 Å². The minimum atomic E-state index is -0.298. The Morgan fingerprint density at radius 2 is 2.15 bits per heavy atom. The third kappa shape index (κ3) is 5.86. The molecule has 0 amide bonds. The molecule has 5 heteroatoms. The summed E-state index contributed by atoms with van der Waals surface area (Å²) in [6, 6.07) is 4.69. The molecule has 1 saturated carbocycles. The zero-order chi connectivity index (χ0) is 14.2. The van der Waals surface area contributed by atoms with Crippen LogP contribution in [0.2, 0.25) is 0 Å². The molecule has 112 valence electrons. The molecule has 0 heterocycles. The van der Waals surface area contributed by atoms with Gasteiger partial charge in [-0.05, 0) is 36.5 Å². The SMILES string of the molecule is COCCNCc1cc(F)cc(OCOCC2CC2)c1. The first-order valence-electron chi connectivity index (χ1n) is 6.97. The van der Waals surface area contributed by atoms with Gasteiger partial charge in [-0.2, -0.15) is 0 Å². The summed E-state index contributed by atoms with van der Waals surface area (Å²) >= 11 is 0. The van der Waals surface area contributed by atoms with Crippen molar-refractivity contribution in [2.24, 2.45) is 5.92 Å². The second-order valence-electron chi connectivity index (χ2n) is 5.04. The number of halogens is 1. The van der Waals surface area contributed by atoms with Crippen LogP contribution in [-0.4, -0.2) is 33.7 Å². The Labute approximate surface area is 119 Å². The summed E-state index contributed by atoms with van der Waals surface area (Å²) in [5, 5.41) is 3.17. The van der Waals surface area contributed by atoms with E-state index < -0.39 is 0 Å². The van der Waals surface area contributed by atoms with Crippen LogP contribution in [0.5, 0.6) is 5.75 Å². The van der Waals surface area contributed by atoms with E-state index in [1.54, 1.807) is 7.11 Å². The molecule has 0 aromatic heterocycles. The molecule has 1 aromatic carbocycles. The van der Waals surface area contributed by atoms with Crippen molar-refractivity contribution in [3.63, 3.8) is 0 Å². The van der Waals surface area contributed by atoms with Gasteiger partial charge in [0.2, 0.25) is 0 Å². The first kappa shape index (κ1) is 15.2. The third-order valence-corrected chi connectivity index (χ3v) is 3.10. The first-order valence-corrected chi connectivity index (χ1v) is 6.97. The van der Waals surface area contributed by atoms with E-state index in [-0.39, 0.29) is 12.6 Å². The van der Waals surface area contributed by atoms with E-state index in [9.17, 15) is 4.39 Å². The minimum absolute atomic E-state index is 0.177. The van der Waals surface area contributed by atoms with Crippen LogP contribution in [0.1, 0.15) is 18.4 Å². The van der Waals surface area contributed by atoms with Crippen LogP contribution in [-0.2, 0) is 16.0 Å². The van der Waals surface area contributed by atoms with Gasteiger partial charge in [-0.1, -0.05) is 0 Å². The Bertz CT molecular complexity index is 410. The second kappa shape index (κ2) is 8.19. The number of ether oxygens (including phenoxy) is 3. The summed E-state index contributed by atoms with van der Waals surface area (Å²) in [6.07, 6.45) is 2.49. The van der Waals surface area contributed by atoms with Gasteiger partial charge < -0.3 is 19.5 Å². The molecule has 20 heavy (non-hydrogen) atoms. The van der Waals surface area contributed by atoms with Crippen molar-refractivity contribution in [3.8, 4) is 5.75 Å². The van der Waals surface area contributed by atoms with Crippen molar-refractivity contribution in [1.82, 2.24) is 5.32 Å². The van der Waals surface area contributed by atoms with Crippen molar-refractivity contribution in [2.75, 3.05) is 33.7 Å². The van der Waals surface area contributed by atoms with Gasteiger partial charge in [-0.3, -0.25) is 0 Å². The van der Waals surface area contributed by atoms with Crippen molar-refractivity contribution in [3.05, 3.63) is 29.6 Å². The Kier molecular flexibility index (Phi) is 6.24. The smallest absolute Gasteiger partial charge is 0.189 e. The van der Waals surface area contributed by atoms with Crippen LogP contribution in [0.15, 0.2) is 18.2 Å². The van der Waals surface area contributed by atoms with Gasteiger partial charge >= 0.3 is 0 Å². The highest BCUT2D eigenvalue weighted by Gasteiger charge is 2.21. The Hall–Kier alpha value is -1.17. The van der Waals surface area contributed by atoms with E-state index in [0.29, 0.717) is 24.8 Å². The zero-order valence-corrected chi connectivity index (χ0v) is 11.9. The molecule has 1 aliphatic carbocycles. The lowest BCUT2D eigenvalue weighted by atomic mass is 10.2. The first-order chi connectivity index (χ1) is 9.78. The lowest BCUT2D eigenvalue weighted by Crippen LogP contribution is -2.18. The molecule has 0 unspecified atom stereocenters. The van der Waals surface area contributed by atoms with Gasteiger partial charge in [0.15, 0.2) is 6.79 Å². The third-order valence-electron chi connectivity index (χ3n) is 3.10. The molecule has 1 aromatic rings. The molecule has 4 nitrogen and oxygen atoms in total. The van der Waals surface area contributed by atoms with Gasteiger partial charge in [0.1, 0.15) is 11.6 Å². The van der Waals surface area contributed by atoms with Crippen LogP contribution in [0.3, 0.4) is 0 Å². The zero-order valence-electron chi connectivity index (χ0n) is 11.9. The van der Waals surface area contributed by atoms with Crippen molar-refractivity contribution in [2.45, 2.75) is 19.4 Å². The summed E-state index contributed by atoms with van der Waals surface area (Å²) < 4.78 is 29.2. The molecule has 0 spiro atoms. The number of benzene rings is 1. The molecule has 1 aliphatic rings. The van der Waals surface area contributed by atoms with Crippen molar-refractivity contribution < 1.29 is 18.6 Å². The number of methoxy groups -OCH3 is 1. The maximum absolute atomic E-state index is 13.5. The molecule has 2 rings (SSSR count). The number of hydrogen-bond acceptors (Lipinski definition) is 4. The fraction of sp³-hybridized carbons (Fsp3) is 0.600. The van der Waals surface area contributed by atoms with Gasteiger partial charge in [0, 0.05) is 26.3 Å². The van der Waals surface area contributed by atoms with Crippen molar-refractivity contribution in [1.29, 1.82) is 0 Å². The van der Waals surface area contributed by atoms with Gasteiger partial charge in [-0.15, -0.1) is 0 Å². The molecule has 0 radical (unpaired) electrons. The molecular formula is C15H22FNO3. The number of rotatable bonds is 10. The topological polar surface area (TPSA) is 39.7 Å². The Balaban J connectivity index is 1.73. The molecule has 0 aliphatic heterocycles. The molecule has 0 bridgehead atoms. The maximum atomic E-state index is 13.5. The summed E-state index contributed by atoms with van der Waals surface area (Å²) in [5.74, 6) is 0.907. The second-order valence-corrected chi connectivity index (χ2v) is 5.04. The highest BCUT2D eigenvalue weighted by molar-refractivity contribution is 5.29. The van der Waals surface area contributed by atoms with Gasteiger partial charge in [-0.25, -0.2) is 4.39 Å². The van der Waals surface area contributed by atoms with Gasteiger partial charge in [0.05, 0.1) is 13.2 Å². The van der Waals surface area contributed by atoms with Gasteiger partial charge in [0.25, 0.3) is 0 Å². The quantitative estimate of drug-likeness (QED) is 0.528. The predicted octanol–water partition coefficient (Wildman–Crippen LogP) is 2.32. The number of hydrogen-bond donors (Lipinski definition) is 1. The van der Waals surface area contributed by atoms with Crippen LogP contribution in [0, 0.1) is 11.7 Å². The minimum Gasteiger partial charge on any atom is -0.467 e. The van der Waals surface area contributed by atoms with Crippen LogP contribution in [0.25, 0.3) is 0 Å². The lowest BCUT2D eigenvalue weighted by Gasteiger charge is -2.10. The average Bonchev–Trinajstić information content (AvgIpc) is 3.23. The fourth-order valence-electron chi connectivity index (χ4n) is 1.82. The summed E-state index contributed by atoms with van der Waals surface area (Å²) in [5.41, 5.74) is 0.846. The maximum Gasteiger partial charge on any atom is 0.189 e. The predicted molar refractivity (Wildman–Crippen MR) is 74.2 cm³/mol. The highest BCUT2D eigenvalue weighted by Crippen LogP contribution is 2.28.